The Morgan fingerprint density at radius 3 is 3.00 bits per heavy atom. The first-order valence-electron chi connectivity index (χ1n) is 4.04. The second-order valence-electron chi connectivity index (χ2n) is 2.49. The largest absolute Gasteiger partial charge is 0.335 e. The standard InChI is InChI=1S/C8H11N3O2S/c1-2-3-4-5-11-14(12,13)8-6-9-7-10-8/h6-7,11H,4-5H2,1H3,(H,9,10). The van der Waals surface area contributed by atoms with Crippen LogP contribution in [0.5, 0.6) is 0 Å². The molecule has 0 bridgehead atoms. The van der Waals surface area contributed by atoms with Crippen LogP contribution in [0.4, 0.5) is 0 Å². The van der Waals surface area contributed by atoms with Gasteiger partial charge in [-0.1, -0.05) is 0 Å². The molecule has 0 spiro atoms. The number of sulfonamides is 1. The van der Waals surface area contributed by atoms with Crippen molar-refractivity contribution in [3.8, 4) is 11.8 Å². The third-order valence-electron chi connectivity index (χ3n) is 1.48. The van der Waals surface area contributed by atoms with Crippen molar-refractivity contribution >= 4 is 10.0 Å². The average Bonchev–Trinajstić information content (AvgIpc) is 2.65. The van der Waals surface area contributed by atoms with Crippen molar-refractivity contribution < 1.29 is 8.42 Å². The molecule has 6 heteroatoms. The van der Waals surface area contributed by atoms with Crippen LogP contribution >= 0.6 is 0 Å². The number of H-pyrrole nitrogens is 1. The molecular formula is C8H11N3O2S. The minimum Gasteiger partial charge on any atom is -0.335 e. The monoisotopic (exact) mass is 213 g/mol. The van der Waals surface area contributed by atoms with E-state index in [0.29, 0.717) is 13.0 Å². The molecule has 0 radical (unpaired) electrons. The minimum atomic E-state index is -3.43. The Morgan fingerprint density at radius 1 is 1.64 bits per heavy atom. The van der Waals surface area contributed by atoms with E-state index in [1.807, 2.05) is 0 Å². The van der Waals surface area contributed by atoms with E-state index in [-0.39, 0.29) is 5.03 Å². The highest BCUT2D eigenvalue weighted by Crippen LogP contribution is 2.00. The zero-order chi connectivity index (χ0) is 10.4. The highest BCUT2D eigenvalue weighted by Gasteiger charge is 2.13. The molecule has 0 aromatic carbocycles. The van der Waals surface area contributed by atoms with Gasteiger partial charge in [-0.05, 0) is 6.92 Å². The molecule has 76 valence electrons. The Morgan fingerprint density at radius 2 is 2.43 bits per heavy atom. The normalized spacial score (nSPS) is 10.6. The maximum Gasteiger partial charge on any atom is 0.257 e. The van der Waals surface area contributed by atoms with Crippen LogP contribution in [0.1, 0.15) is 13.3 Å². The zero-order valence-corrected chi connectivity index (χ0v) is 8.56. The molecule has 0 amide bonds. The fourth-order valence-electron chi connectivity index (χ4n) is 0.841. The van der Waals surface area contributed by atoms with Crippen LogP contribution in [-0.2, 0) is 10.0 Å². The van der Waals surface area contributed by atoms with Crippen LogP contribution in [0, 0.1) is 11.8 Å². The predicted molar refractivity (Wildman–Crippen MR) is 51.8 cm³/mol. The first kappa shape index (κ1) is 10.8. The SMILES string of the molecule is CC#CCCNS(=O)(=O)c1cnc[nH]1. The molecule has 0 unspecified atom stereocenters. The molecule has 2 N–H and O–H groups in total. The van der Waals surface area contributed by atoms with Gasteiger partial charge in [0.1, 0.15) is 0 Å². The van der Waals surface area contributed by atoms with Crippen molar-refractivity contribution in [1.29, 1.82) is 0 Å². The van der Waals surface area contributed by atoms with Crippen LogP contribution in [0.2, 0.25) is 0 Å². The van der Waals surface area contributed by atoms with E-state index in [2.05, 4.69) is 26.5 Å². The lowest BCUT2D eigenvalue weighted by Gasteiger charge is -2.00. The maximum absolute atomic E-state index is 11.4. The van der Waals surface area contributed by atoms with Gasteiger partial charge in [-0.3, -0.25) is 0 Å². The topological polar surface area (TPSA) is 74.8 Å². The number of nitrogens with zero attached hydrogens (tertiary/aromatic N) is 1. The maximum atomic E-state index is 11.4. The highest BCUT2D eigenvalue weighted by molar-refractivity contribution is 7.89. The minimum absolute atomic E-state index is 0.0713. The summed E-state index contributed by atoms with van der Waals surface area (Å²) in [5.74, 6) is 5.45. The smallest absolute Gasteiger partial charge is 0.257 e. The van der Waals surface area contributed by atoms with Crippen molar-refractivity contribution in [2.24, 2.45) is 0 Å². The van der Waals surface area contributed by atoms with E-state index in [1.54, 1.807) is 6.92 Å². The third-order valence-corrected chi connectivity index (χ3v) is 2.87. The van der Waals surface area contributed by atoms with E-state index in [0.717, 1.165) is 0 Å². The molecule has 14 heavy (non-hydrogen) atoms. The summed E-state index contributed by atoms with van der Waals surface area (Å²) in [6, 6.07) is 0. The number of aromatic nitrogens is 2. The van der Waals surface area contributed by atoms with E-state index >= 15 is 0 Å². The van der Waals surface area contributed by atoms with E-state index < -0.39 is 10.0 Å². The van der Waals surface area contributed by atoms with Gasteiger partial charge in [0.15, 0.2) is 5.03 Å². The predicted octanol–water partition coefficient (Wildman–Crippen LogP) is 0.101. The van der Waals surface area contributed by atoms with Crippen LogP contribution in [-0.4, -0.2) is 24.9 Å². The second kappa shape index (κ2) is 4.79. The molecule has 0 saturated carbocycles. The Kier molecular flexibility index (Phi) is 3.68. The van der Waals surface area contributed by atoms with Gasteiger partial charge in [-0.25, -0.2) is 18.1 Å². The molecule has 5 nitrogen and oxygen atoms in total. The van der Waals surface area contributed by atoms with Gasteiger partial charge in [0.05, 0.1) is 12.5 Å². The molecule has 0 aliphatic rings. The van der Waals surface area contributed by atoms with E-state index in [1.165, 1.54) is 12.5 Å². The fourth-order valence-corrected chi connectivity index (χ4v) is 1.77. The molecule has 1 heterocycles. The molecule has 0 saturated heterocycles. The van der Waals surface area contributed by atoms with E-state index in [9.17, 15) is 8.42 Å². The zero-order valence-electron chi connectivity index (χ0n) is 7.74. The summed E-state index contributed by atoms with van der Waals surface area (Å²) in [7, 11) is -3.43. The molecule has 0 atom stereocenters. The van der Waals surface area contributed by atoms with Crippen molar-refractivity contribution in [2.45, 2.75) is 18.4 Å². The van der Waals surface area contributed by atoms with Crippen molar-refractivity contribution in [3.05, 3.63) is 12.5 Å². The molecule has 0 aliphatic carbocycles. The van der Waals surface area contributed by atoms with Crippen LogP contribution in [0.3, 0.4) is 0 Å². The van der Waals surface area contributed by atoms with E-state index in [4.69, 9.17) is 0 Å². The first-order valence-corrected chi connectivity index (χ1v) is 5.53. The summed E-state index contributed by atoms with van der Waals surface area (Å²) < 4.78 is 25.2. The van der Waals surface area contributed by atoms with Gasteiger partial charge in [-0.15, -0.1) is 11.8 Å². The second-order valence-corrected chi connectivity index (χ2v) is 4.23. The molecule has 1 aromatic rings. The molecule has 1 rings (SSSR count). The number of imidazole rings is 1. The van der Waals surface area contributed by atoms with Gasteiger partial charge in [0.2, 0.25) is 0 Å². The van der Waals surface area contributed by atoms with Gasteiger partial charge in [0, 0.05) is 13.0 Å². The molecule has 1 aromatic heterocycles. The summed E-state index contributed by atoms with van der Waals surface area (Å²) >= 11 is 0. The summed E-state index contributed by atoms with van der Waals surface area (Å²) in [6.07, 6.45) is 3.08. The van der Waals surface area contributed by atoms with Crippen molar-refractivity contribution in [1.82, 2.24) is 14.7 Å². The number of hydrogen-bond acceptors (Lipinski definition) is 3. The van der Waals surface area contributed by atoms with Crippen LogP contribution < -0.4 is 4.72 Å². The lowest BCUT2D eigenvalue weighted by molar-refractivity contribution is 0.579. The third kappa shape index (κ3) is 2.87. The quantitative estimate of drug-likeness (QED) is 0.550. The van der Waals surface area contributed by atoms with Gasteiger partial charge < -0.3 is 4.98 Å². The summed E-state index contributed by atoms with van der Waals surface area (Å²) in [4.78, 5) is 6.15. The lowest BCUT2D eigenvalue weighted by atomic mass is 10.4. The van der Waals surface area contributed by atoms with Gasteiger partial charge in [-0.2, -0.15) is 0 Å². The Hall–Kier alpha value is -1.32. The number of nitrogens with one attached hydrogen (secondary N) is 2. The summed E-state index contributed by atoms with van der Waals surface area (Å²) in [5, 5.41) is 0.0713. The van der Waals surface area contributed by atoms with Crippen LogP contribution in [0.25, 0.3) is 0 Å². The molecule has 0 aliphatic heterocycles. The van der Waals surface area contributed by atoms with Crippen LogP contribution in [0.15, 0.2) is 17.6 Å². The fraction of sp³-hybridized carbons (Fsp3) is 0.375. The molecular weight excluding hydrogens is 202 g/mol. The Labute approximate surface area is 83.0 Å². The number of hydrogen-bond donors (Lipinski definition) is 2. The van der Waals surface area contributed by atoms with Gasteiger partial charge in [0.25, 0.3) is 10.0 Å². The first-order chi connectivity index (χ1) is 6.67. The molecule has 0 fully saturated rings. The van der Waals surface area contributed by atoms with Crippen molar-refractivity contribution in [3.63, 3.8) is 0 Å². The van der Waals surface area contributed by atoms with Gasteiger partial charge >= 0.3 is 0 Å². The number of rotatable bonds is 4. The van der Waals surface area contributed by atoms with Crippen molar-refractivity contribution in [2.75, 3.05) is 6.54 Å². The lowest BCUT2D eigenvalue weighted by Crippen LogP contribution is -2.24. The summed E-state index contributed by atoms with van der Waals surface area (Å²) in [5.41, 5.74) is 0. The Bertz CT molecular complexity index is 425. The highest BCUT2D eigenvalue weighted by atomic mass is 32.2. The Balaban J connectivity index is 2.55. The number of aromatic amines is 1. The summed E-state index contributed by atoms with van der Waals surface area (Å²) in [6.45, 7) is 2.02. The average molecular weight is 213 g/mol.